The van der Waals surface area contributed by atoms with Crippen LogP contribution in [0.4, 0.5) is 5.69 Å². The molecule has 0 radical (unpaired) electrons. The predicted molar refractivity (Wildman–Crippen MR) is 78.8 cm³/mol. The van der Waals surface area contributed by atoms with Gasteiger partial charge in [0.2, 0.25) is 5.91 Å². The molecule has 0 saturated carbocycles. The van der Waals surface area contributed by atoms with Gasteiger partial charge in [-0.25, -0.2) is 0 Å². The van der Waals surface area contributed by atoms with Gasteiger partial charge in [0.05, 0.1) is 6.54 Å². The number of carbonyl (C=O) groups is 2. The Hall–Kier alpha value is -1.88. The van der Waals surface area contributed by atoms with Crippen molar-refractivity contribution in [2.75, 3.05) is 32.0 Å². The summed E-state index contributed by atoms with van der Waals surface area (Å²) in [7, 11) is 1.72. The number of nitrogens with zero attached hydrogens (tertiary/aromatic N) is 1. The summed E-state index contributed by atoms with van der Waals surface area (Å²) in [4.78, 5) is 25.8. The van der Waals surface area contributed by atoms with Gasteiger partial charge in [-0.2, -0.15) is 0 Å². The SMILES string of the molecule is CNCC(=O)Nc1cccc(C(=O)N2CCCCC2)c1. The first-order valence-corrected chi connectivity index (χ1v) is 7.04. The van der Waals surface area contributed by atoms with E-state index >= 15 is 0 Å². The van der Waals surface area contributed by atoms with Crippen molar-refractivity contribution in [2.45, 2.75) is 19.3 Å². The fourth-order valence-electron chi connectivity index (χ4n) is 2.38. The first-order chi connectivity index (χ1) is 9.70. The summed E-state index contributed by atoms with van der Waals surface area (Å²) in [5, 5.41) is 5.56. The molecule has 108 valence electrons. The van der Waals surface area contributed by atoms with Crippen LogP contribution in [0.1, 0.15) is 29.6 Å². The molecule has 5 heteroatoms. The monoisotopic (exact) mass is 275 g/mol. The van der Waals surface area contributed by atoms with Gasteiger partial charge in [-0.15, -0.1) is 0 Å². The Labute approximate surface area is 119 Å². The minimum atomic E-state index is -0.116. The van der Waals surface area contributed by atoms with Crippen LogP contribution in [0.2, 0.25) is 0 Å². The highest BCUT2D eigenvalue weighted by molar-refractivity contribution is 5.97. The van der Waals surface area contributed by atoms with Crippen LogP contribution in [0.3, 0.4) is 0 Å². The Kier molecular flexibility index (Phi) is 5.12. The van der Waals surface area contributed by atoms with E-state index in [9.17, 15) is 9.59 Å². The normalized spacial score (nSPS) is 14.9. The van der Waals surface area contributed by atoms with E-state index in [-0.39, 0.29) is 18.4 Å². The van der Waals surface area contributed by atoms with Crippen molar-refractivity contribution in [3.8, 4) is 0 Å². The van der Waals surface area contributed by atoms with Crippen LogP contribution in [0.25, 0.3) is 0 Å². The Morgan fingerprint density at radius 2 is 1.95 bits per heavy atom. The van der Waals surface area contributed by atoms with Crippen molar-refractivity contribution in [3.63, 3.8) is 0 Å². The van der Waals surface area contributed by atoms with Gasteiger partial charge < -0.3 is 15.5 Å². The standard InChI is InChI=1S/C15H21N3O2/c1-16-11-14(19)17-13-7-5-6-12(10-13)15(20)18-8-3-2-4-9-18/h5-7,10,16H,2-4,8-9,11H2,1H3,(H,17,19). The fourth-order valence-corrected chi connectivity index (χ4v) is 2.38. The minimum absolute atomic E-state index is 0.0504. The van der Waals surface area contributed by atoms with Crippen molar-refractivity contribution < 1.29 is 9.59 Å². The van der Waals surface area contributed by atoms with Crippen LogP contribution in [-0.2, 0) is 4.79 Å². The van der Waals surface area contributed by atoms with E-state index in [0.717, 1.165) is 25.9 Å². The second-order valence-electron chi connectivity index (χ2n) is 5.01. The fraction of sp³-hybridized carbons (Fsp3) is 0.467. The van der Waals surface area contributed by atoms with E-state index in [1.165, 1.54) is 6.42 Å². The summed E-state index contributed by atoms with van der Waals surface area (Å²) in [6, 6.07) is 7.13. The van der Waals surface area contributed by atoms with Crippen LogP contribution in [0.15, 0.2) is 24.3 Å². The van der Waals surface area contributed by atoms with Gasteiger partial charge in [-0.3, -0.25) is 9.59 Å². The van der Waals surface area contributed by atoms with E-state index in [1.54, 1.807) is 31.3 Å². The molecular formula is C15H21N3O2. The quantitative estimate of drug-likeness (QED) is 0.874. The molecule has 2 rings (SSSR count). The number of anilines is 1. The van der Waals surface area contributed by atoms with Gasteiger partial charge in [-0.1, -0.05) is 6.07 Å². The molecule has 1 heterocycles. The third kappa shape index (κ3) is 3.81. The van der Waals surface area contributed by atoms with Crippen molar-refractivity contribution in [2.24, 2.45) is 0 Å². The summed E-state index contributed by atoms with van der Waals surface area (Å²) >= 11 is 0. The maximum Gasteiger partial charge on any atom is 0.253 e. The molecule has 1 aliphatic heterocycles. The molecule has 0 aliphatic carbocycles. The van der Waals surface area contributed by atoms with Gasteiger partial charge in [0, 0.05) is 24.3 Å². The van der Waals surface area contributed by atoms with E-state index in [0.29, 0.717) is 11.3 Å². The van der Waals surface area contributed by atoms with E-state index < -0.39 is 0 Å². The zero-order valence-corrected chi connectivity index (χ0v) is 11.8. The summed E-state index contributed by atoms with van der Waals surface area (Å²) in [5.74, 6) is -0.0653. The highest BCUT2D eigenvalue weighted by Crippen LogP contribution is 2.16. The summed E-state index contributed by atoms with van der Waals surface area (Å²) in [6.45, 7) is 1.91. The van der Waals surface area contributed by atoms with Gasteiger partial charge in [0.25, 0.3) is 5.91 Å². The number of nitrogens with one attached hydrogen (secondary N) is 2. The second-order valence-corrected chi connectivity index (χ2v) is 5.01. The Balaban J connectivity index is 2.04. The van der Waals surface area contributed by atoms with Crippen LogP contribution in [0.5, 0.6) is 0 Å². The molecule has 0 spiro atoms. The molecule has 1 saturated heterocycles. The third-order valence-electron chi connectivity index (χ3n) is 3.37. The molecule has 5 nitrogen and oxygen atoms in total. The number of likely N-dealkylation sites (tertiary alicyclic amines) is 1. The first-order valence-electron chi connectivity index (χ1n) is 7.04. The molecule has 0 unspecified atom stereocenters. The van der Waals surface area contributed by atoms with Crippen molar-refractivity contribution >= 4 is 17.5 Å². The van der Waals surface area contributed by atoms with Crippen LogP contribution in [0, 0.1) is 0 Å². The number of likely N-dealkylation sites (N-methyl/N-ethyl adjacent to an activating group) is 1. The van der Waals surface area contributed by atoms with E-state index in [2.05, 4.69) is 10.6 Å². The van der Waals surface area contributed by atoms with Crippen LogP contribution >= 0.6 is 0 Å². The number of carbonyl (C=O) groups excluding carboxylic acids is 2. The molecule has 20 heavy (non-hydrogen) atoms. The van der Waals surface area contributed by atoms with Crippen molar-refractivity contribution in [1.29, 1.82) is 0 Å². The Morgan fingerprint density at radius 1 is 1.20 bits per heavy atom. The number of rotatable bonds is 4. The predicted octanol–water partition coefficient (Wildman–Crippen LogP) is 1.47. The smallest absolute Gasteiger partial charge is 0.253 e. The molecule has 1 aliphatic rings. The maximum atomic E-state index is 12.4. The number of piperidine rings is 1. The Morgan fingerprint density at radius 3 is 2.65 bits per heavy atom. The summed E-state index contributed by atoms with van der Waals surface area (Å²) < 4.78 is 0. The first kappa shape index (κ1) is 14.5. The van der Waals surface area contributed by atoms with Crippen molar-refractivity contribution in [3.05, 3.63) is 29.8 Å². The molecule has 1 fully saturated rings. The molecule has 2 N–H and O–H groups in total. The Bertz CT molecular complexity index is 482. The number of hydrogen-bond acceptors (Lipinski definition) is 3. The highest BCUT2D eigenvalue weighted by Gasteiger charge is 2.18. The molecular weight excluding hydrogens is 254 g/mol. The van der Waals surface area contributed by atoms with Crippen LogP contribution < -0.4 is 10.6 Å². The molecule has 0 bridgehead atoms. The largest absolute Gasteiger partial charge is 0.339 e. The third-order valence-corrected chi connectivity index (χ3v) is 3.37. The summed E-state index contributed by atoms with van der Waals surface area (Å²) in [5.41, 5.74) is 1.29. The average Bonchev–Trinajstić information content (AvgIpc) is 2.48. The molecule has 2 amide bonds. The number of hydrogen-bond donors (Lipinski definition) is 2. The van der Waals surface area contributed by atoms with E-state index in [1.807, 2.05) is 4.90 Å². The minimum Gasteiger partial charge on any atom is -0.339 e. The zero-order valence-electron chi connectivity index (χ0n) is 11.8. The van der Waals surface area contributed by atoms with Gasteiger partial charge in [0.15, 0.2) is 0 Å². The topological polar surface area (TPSA) is 61.4 Å². The lowest BCUT2D eigenvalue weighted by molar-refractivity contribution is -0.115. The maximum absolute atomic E-state index is 12.4. The molecule has 0 aromatic heterocycles. The van der Waals surface area contributed by atoms with Gasteiger partial charge >= 0.3 is 0 Å². The molecule has 0 atom stereocenters. The van der Waals surface area contributed by atoms with Crippen LogP contribution in [-0.4, -0.2) is 43.4 Å². The lowest BCUT2D eigenvalue weighted by Crippen LogP contribution is -2.35. The number of amides is 2. The number of benzene rings is 1. The highest BCUT2D eigenvalue weighted by atomic mass is 16.2. The van der Waals surface area contributed by atoms with Gasteiger partial charge in [0.1, 0.15) is 0 Å². The molecule has 1 aromatic rings. The lowest BCUT2D eigenvalue weighted by atomic mass is 10.1. The zero-order chi connectivity index (χ0) is 14.4. The average molecular weight is 275 g/mol. The van der Waals surface area contributed by atoms with Crippen molar-refractivity contribution in [1.82, 2.24) is 10.2 Å². The lowest BCUT2D eigenvalue weighted by Gasteiger charge is -2.26. The second kappa shape index (κ2) is 7.05. The van der Waals surface area contributed by atoms with E-state index in [4.69, 9.17) is 0 Å². The molecule has 1 aromatic carbocycles. The van der Waals surface area contributed by atoms with Gasteiger partial charge in [-0.05, 0) is 44.5 Å². The summed E-state index contributed by atoms with van der Waals surface area (Å²) in [6.07, 6.45) is 3.35.